The number of hydrogen-bond acceptors (Lipinski definition) is 5. The molecule has 0 radical (unpaired) electrons. The van der Waals surface area contributed by atoms with Gasteiger partial charge in [0.2, 0.25) is 5.91 Å². The molecule has 2 atom stereocenters. The molecule has 0 aliphatic heterocycles. The molecule has 3 aromatic rings. The van der Waals surface area contributed by atoms with E-state index in [1.165, 1.54) is 16.6 Å². The predicted molar refractivity (Wildman–Crippen MR) is 125 cm³/mol. The molecule has 0 spiro atoms. The fourth-order valence-electron chi connectivity index (χ4n) is 3.84. The third kappa shape index (κ3) is 3.90. The third-order valence-electron chi connectivity index (χ3n) is 5.45. The van der Waals surface area contributed by atoms with E-state index in [4.69, 9.17) is 16.6 Å². The first-order chi connectivity index (χ1) is 14.3. The Bertz CT molecular complexity index is 1170. The number of thiophene rings is 1. The normalized spacial score (nSPS) is 17.0. The highest BCUT2D eigenvalue weighted by atomic mass is 35.5. The van der Waals surface area contributed by atoms with E-state index in [9.17, 15) is 9.59 Å². The summed E-state index contributed by atoms with van der Waals surface area (Å²) in [7, 11) is 3.47. The number of carbonyl (C=O) groups is 1. The predicted octanol–water partition coefficient (Wildman–Crippen LogP) is 4.79. The summed E-state index contributed by atoms with van der Waals surface area (Å²) >= 11 is 9.01. The number of carbonyl (C=O) groups excluding carboxylic acids is 1. The third-order valence-corrected chi connectivity index (χ3v) is 7.89. The zero-order valence-corrected chi connectivity index (χ0v) is 19.8. The summed E-state index contributed by atoms with van der Waals surface area (Å²) in [5.41, 5.74) is 1.79. The lowest BCUT2D eigenvalue weighted by Gasteiger charge is -2.19. The molecular formula is C22H24ClN3O2S2. The molecule has 0 N–H and O–H groups in total. The molecule has 1 amide bonds. The van der Waals surface area contributed by atoms with Crippen molar-refractivity contribution in [1.82, 2.24) is 14.5 Å². The van der Waals surface area contributed by atoms with Crippen LogP contribution < -0.4 is 5.56 Å². The van der Waals surface area contributed by atoms with E-state index in [2.05, 4.69) is 6.92 Å². The van der Waals surface area contributed by atoms with Crippen molar-refractivity contribution in [2.45, 2.75) is 43.5 Å². The van der Waals surface area contributed by atoms with Gasteiger partial charge in [-0.3, -0.25) is 14.2 Å². The van der Waals surface area contributed by atoms with Crippen LogP contribution in [0, 0.1) is 5.92 Å². The molecular weight excluding hydrogens is 438 g/mol. The molecule has 0 saturated heterocycles. The Morgan fingerprint density at radius 2 is 2.03 bits per heavy atom. The smallest absolute Gasteiger partial charge is 0.267 e. The minimum Gasteiger partial charge on any atom is -0.348 e. The van der Waals surface area contributed by atoms with E-state index >= 15 is 0 Å². The van der Waals surface area contributed by atoms with Gasteiger partial charge in [-0.2, -0.15) is 0 Å². The van der Waals surface area contributed by atoms with Crippen LogP contribution in [0.4, 0.5) is 0 Å². The first-order valence-corrected chi connectivity index (χ1v) is 12.0. The van der Waals surface area contributed by atoms with Crippen molar-refractivity contribution in [2.75, 3.05) is 14.1 Å². The molecule has 2 aromatic heterocycles. The van der Waals surface area contributed by atoms with Crippen LogP contribution in [0.1, 0.15) is 30.7 Å². The lowest BCUT2D eigenvalue weighted by molar-refractivity contribution is -0.127. The molecule has 158 valence electrons. The van der Waals surface area contributed by atoms with E-state index in [1.54, 1.807) is 47.0 Å². The average Bonchev–Trinajstić information content (AvgIpc) is 3.05. The summed E-state index contributed by atoms with van der Waals surface area (Å²) in [4.78, 5) is 34.7. The topological polar surface area (TPSA) is 55.2 Å². The summed E-state index contributed by atoms with van der Waals surface area (Å²) in [5.74, 6) is 0.604. The first-order valence-electron chi connectivity index (χ1n) is 9.97. The molecule has 1 aromatic carbocycles. The van der Waals surface area contributed by atoms with Crippen molar-refractivity contribution >= 4 is 50.8 Å². The summed E-state index contributed by atoms with van der Waals surface area (Å²) in [5, 5.41) is 1.50. The number of amides is 1. The second-order valence-corrected chi connectivity index (χ2v) is 10.9. The van der Waals surface area contributed by atoms with Crippen LogP contribution in [0.25, 0.3) is 15.9 Å². The highest BCUT2D eigenvalue weighted by Gasteiger charge is 2.27. The SMILES string of the molecule is CC1CCc2c(sc3nc(SC(C)C(=O)N(C)C)n(-c4ccc(Cl)cc4)c(=O)c23)C1. The van der Waals surface area contributed by atoms with Gasteiger partial charge in [-0.25, -0.2) is 4.98 Å². The fourth-order valence-corrected chi connectivity index (χ4v) is 6.46. The fraction of sp³-hybridized carbons (Fsp3) is 0.409. The number of aryl methyl sites for hydroxylation is 1. The van der Waals surface area contributed by atoms with Gasteiger partial charge in [-0.05, 0) is 61.9 Å². The van der Waals surface area contributed by atoms with Crippen LogP contribution in [0.5, 0.6) is 0 Å². The summed E-state index contributed by atoms with van der Waals surface area (Å²) in [6.07, 6.45) is 2.99. The number of nitrogens with zero attached hydrogens (tertiary/aromatic N) is 3. The van der Waals surface area contributed by atoms with Crippen molar-refractivity contribution in [3.05, 3.63) is 50.1 Å². The molecule has 4 rings (SSSR count). The van der Waals surface area contributed by atoms with Gasteiger partial charge in [0.15, 0.2) is 5.16 Å². The molecule has 1 aliphatic carbocycles. The molecule has 1 aliphatic rings. The van der Waals surface area contributed by atoms with Crippen LogP contribution in [-0.2, 0) is 17.6 Å². The largest absolute Gasteiger partial charge is 0.348 e. The van der Waals surface area contributed by atoms with Gasteiger partial charge in [-0.1, -0.05) is 30.3 Å². The van der Waals surface area contributed by atoms with Crippen LogP contribution in [-0.4, -0.2) is 39.7 Å². The van der Waals surface area contributed by atoms with Crippen molar-refractivity contribution in [3.63, 3.8) is 0 Å². The number of hydrogen-bond donors (Lipinski definition) is 0. The Kier molecular flexibility index (Phi) is 5.97. The molecule has 30 heavy (non-hydrogen) atoms. The number of aromatic nitrogens is 2. The minimum absolute atomic E-state index is 0.0173. The molecule has 2 heterocycles. The van der Waals surface area contributed by atoms with Crippen LogP contribution in [0.3, 0.4) is 0 Å². The molecule has 0 saturated carbocycles. The van der Waals surface area contributed by atoms with E-state index in [0.29, 0.717) is 21.8 Å². The zero-order valence-electron chi connectivity index (χ0n) is 17.4. The highest BCUT2D eigenvalue weighted by molar-refractivity contribution is 8.00. The van der Waals surface area contributed by atoms with Gasteiger partial charge in [0.25, 0.3) is 5.56 Å². The molecule has 0 fully saturated rings. The zero-order chi connectivity index (χ0) is 21.6. The maximum absolute atomic E-state index is 13.7. The molecule has 8 heteroatoms. The lowest BCUT2D eigenvalue weighted by atomic mass is 9.89. The van der Waals surface area contributed by atoms with Crippen molar-refractivity contribution in [3.8, 4) is 5.69 Å². The van der Waals surface area contributed by atoms with Crippen molar-refractivity contribution in [2.24, 2.45) is 5.92 Å². The van der Waals surface area contributed by atoms with Gasteiger partial charge >= 0.3 is 0 Å². The van der Waals surface area contributed by atoms with Gasteiger partial charge in [0.1, 0.15) is 4.83 Å². The van der Waals surface area contributed by atoms with Gasteiger partial charge < -0.3 is 4.90 Å². The quantitative estimate of drug-likeness (QED) is 0.414. The Balaban J connectivity index is 1.92. The number of benzene rings is 1. The lowest BCUT2D eigenvalue weighted by Crippen LogP contribution is -2.31. The monoisotopic (exact) mass is 461 g/mol. The van der Waals surface area contributed by atoms with E-state index in [-0.39, 0.29) is 16.7 Å². The van der Waals surface area contributed by atoms with Gasteiger partial charge in [-0.15, -0.1) is 11.3 Å². The number of halogens is 1. The van der Waals surface area contributed by atoms with E-state index in [1.807, 2.05) is 19.1 Å². The Hall–Kier alpha value is -1.83. The standard InChI is InChI=1S/C22H24ClN3O2S2/c1-12-5-10-16-17(11-12)30-19-18(16)21(28)26(15-8-6-14(23)7-9-15)22(24-19)29-13(2)20(27)25(3)4/h6-9,12-13H,5,10-11H2,1-4H3. The van der Waals surface area contributed by atoms with Gasteiger partial charge in [0, 0.05) is 24.0 Å². The second kappa shape index (κ2) is 8.36. The Morgan fingerprint density at radius 1 is 1.33 bits per heavy atom. The first kappa shape index (κ1) is 21.4. The maximum atomic E-state index is 13.7. The van der Waals surface area contributed by atoms with Crippen molar-refractivity contribution < 1.29 is 4.79 Å². The number of rotatable bonds is 4. The second-order valence-electron chi connectivity index (χ2n) is 8.04. The van der Waals surface area contributed by atoms with Crippen molar-refractivity contribution in [1.29, 1.82) is 0 Å². The number of fused-ring (bicyclic) bond motifs is 3. The Labute approximate surface area is 189 Å². The Morgan fingerprint density at radius 3 is 2.70 bits per heavy atom. The average molecular weight is 462 g/mol. The van der Waals surface area contributed by atoms with Crippen LogP contribution >= 0.6 is 34.7 Å². The van der Waals surface area contributed by atoms with Gasteiger partial charge in [0.05, 0.1) is 16.3 Å². The van der Waals surface area contributed by atoms with E-state index in [0.717, 1.165) is 35.0 Å². The van der Waals surface area contributed by atoms with Crippen LogP contribution in [0.15, 0.2) is 34.2 Å². The molecule has 5 nitrogen and oxygen atoms in total. The minimum atomic E-state index is -0.363. The summed E-state index contributed by atoms with van der Waals surface area (Å²) in [6, 6.07) is 7.17. The number of thioether (sulfide) groups is 1. The molecule has 0 bridgehead atoms. The molecule has 2 unspecified atom stereocenters. The highest BCUT2D eigenvalue weighted by Crippen LogP contribution is 2.37. The maximum Gasteiger partial charge on any atom is 0.267 e. The summed E-state index contributed by atoms with van der Waals surface area (Å²) < 4.78 is 1.63. The van der Waals surface area contributed by atoms with E-state index < -0.39 is 0 Å². The van der Waals surface area contributed by atoms with Crippen LogP contribution in [0.2, 0.25) is 5.02 Å². The summed E-state index contributed by atoms with van der Waals surface area (Å²) in [6.45, 7) is 4.10.